The summed E-state index contributed by atoms with van der Waals surface area (Å²) in [5, 5.41) is 2.87. The Labute approximate surface area is 192 Å². The number of morpholine rings is 1. The zero-order chi connectivity index (χ0) is 22.9. The van der Waals surface area contributed by atoms with Crippen molar-refractivity contribution < 1.29 is 22.7 Å². The van der Waals surface area contributed by atoms with E-state index in [2.05, 4.69) is 5.32 Å². The highest BCUT2D eigenvalue weighted by Gasteiger charge is 2.31. The summed E-state index contributed by atoms with van der Waals surface area (Å²) in [4.78, 5) is 27.7. The molecule has 0 unspecified atom stereocenters. The first-order valence-electron chi connectivity index (χ1n) is 10.3. The molecule has 1 saturated heterocycles. The van der Waals surface area contributed by atoms with Crippen molar-refractivity contribution in [2.45, 2.75) is 23.6 Å². The molecule has 0 aliphatic carbocycles. The number of hydrogen-bond acceptors (Lipinski definition) is 6. The van der Waals surface area contributed by atoms with Gasteiger partial charge in [0, 0.05) is 23.7 Å². The normalized spacial score (nSPS) is 17.2. The van der Waals surface area contributed by atoms with Gasteiger partial charge < -0.3 is 15.0 Å². The number of benzene rings is 2. The summed E-state index contributed by atoms with van der Waals surface area (Å²) in [6, 6.07) is 10.4. The molecule has 8 nitrogen and oxygen atoms in total. The molecule has 0 radical (unpaired) electrons. The number of rotatable bonds is 5. The number of hydrogen-bond donors (Lipinski definition) is 1. The van der Waals surface area contributed by atoms with Gasteiger partial charge in [0.2, 0.25) is 21.8 Å². The van der Waals surface area contributed by atoms with Gasteiger partial charge >= 0.3 is 0 Å². The highest BCUT2D eigenvalue weighted by Crippen LogP contribution is 2.37. The summed E-state index contributed by atoms with van der Waals surface area (Å²) in [6.07, 6.45) is 0. The van der Waals surface area contributed by atoms with Crippen LogP contribution in [0.3, 0.4) is 0 Å². The van der Waals surface area contributed by atoms with E-state index in [-0.39, 0.29) is 42.1 Å². The van der Waals surface area contributed by atoms with Gasteiger partial charge in [0.15, 0.2) is 0 Å². The third-order valence-corrected chi connectivity index (χ3v) is 8.60. The number of nitrogens with zero attached hydrogens (tertiary/aromatic N) is 2. The van der Waals surface area contributed by atoms with Gasteiger partial charge in [0.05, 0.1) is 29.5 Å². The minimum absolute atomic E-state index is 0.105. The number of fused-ring (bicyclic) bond motifs is 1. The van der Waals surface area contributed by atoms with Gasteiger partial charge in [-0.05, 0) is 49.2 Å². The molecule has 2 heterocycles. The van der Waals surface area contributed by atoms with E-state index in [4.69, 9.17) is 4.74 Å². The van der Waals surface area contributed by atoms with E-state index in [0.29, 0.717) is 24.6 Å². The Morgan fingerprint density at radius 3 is 2.66 bits per heavy atom. The van der Waals surface area contributed by atoms with Crippen LogP contribution in [0.2, 0.25) is 0 Å². The number of sulfonamides is 1. The molecule has 1 fully saturated rings. The number of carbonyl (C=O) groups excluding carboxylic acids is 2. The zero-order valence-corrected chi connectivity index (χ0v) is 19.6. The van der Waals surface area contributed by atoms with Crippen LogP contribution in [0.25, 0.3) is 0 Å². The third kappa shape index (κ3) is 4.54. The van der Waals surface area contributed by atoms with Crippen molar-refractivity contribution in [3.05, 3.63) is 47.5 Å². The van der Waals surface area contributed by atoms with Gasteiger partial charge in [-0.1, -0.05) is 12.1 Å². The highest BCUT2D eigenvalue weighted by atomic mass is 32.2. The molecule has 0 spiro atoms. The Morgan fingerprint density at radius 2 is 1.91 bits per heavy atom. The van der Waals surface area contributed by atoms with Gasteiger partial charge in [-0.3, -0.25) is 9.59 Å². The number of carbonyl (C=O) groups is 2. The number of ether oxygens (including phenoxy) is 1. The second-order valence-electron chi connectivity index (χ2n) is 7.71. The Kier molecular flexibility index (Phi) is 6.57. The zero-order valence-electron chi connectivity index (χ0n) is 18.0. The number of aryl methyl sites for hydroxylation is 1. The number of amides is 2. The smallest absolute Gasteiger partial charge is 0.244 e. The number of anilines is 2. The molecule has 0 bridgehead atoms. The standard InChI is InChI=1S/C22H25N3O5S2/c1-15-4-3-5-18(16(15)2)23-21(26)13-25-19-12-17(6-7-20(19)31-14-22(25)27)32(28,29)24-8-10-30-11-9-24/h3-7,12H,8-11,13-14H2,1-2H3,(H,23,26). The van der Waals surface area contributed by atoms with E-state index in [1.807, 2.05) is 32.0 Å². The largest absolute Gasteiger partial charge is 0.379 e. The van der Waals surface area contributed by atoms with Gasteiger partial charge in [0.1, 0.15) is 6.54 Å². The fourth-order valence-corrected chi connectivity index (χ4v) is 6.02. The maximum atomic E-state index is 13.1. The highest BCUT2D eigenvalue weighted by molar-refractivity contribution is 8.00. The molecular formula is C22H25N3O5S2. The van der Waals surface area contributed by atoms with Crippen molar-refractivity contribution in [3.8, 4) is 0 Å². The Morgan fingerprint density at radius 1 is 1.16 bits per heavy atom. The van der Waals surface area contributed by atoms with Gasteiger partial charge in [-0.25, -0.2) is 8.42 Å². The maximum Gasteiger partial charge on any atom is 0.244 e. The van der Waals surface area contributed by atoms with Crippen LogP contribution in [0.15, 0.2) is 46.2 Å². The predicted molar refractivity (Wildman–Crippen MR) is 124 cm³/mol. The van der Waals surface area contributed by atoms with Crippen LogP contribution in [0.4, 0.5) is 11.4 Å². The molecule has 4 rings (SSSR count). The van der Waals surface area contributed by atoms with E-state index in [9.17, 15) is 18.0 Å². The lowest BCUT2D eigenvalue weighted by molar-refractivity contribution is -0.120. The molecule has 32 heavy (non-hydrogen) atoms. The Balaban J connectivity index is 1.59. The van der Waals surface area contributed by atoms with Crippen LogP contribution < -0.4 is 10.2 Å². The van der Waals surface area contributed by atoms with E-state index in [0.717, 1.165) is 16.0 Å². The van der Waals surface area contributed by atoms with E-state index in [1.54, 1.807) is 12.1 Å². The Hall–Kier alpha value is -2.40. The molecule has 0 atom stereocenters. The first-order chi connectivity index (χ1) is 15.3. The maximum absolute atomic E-state index is 13.1. The van der Waals surface area contributed by atoms with E-state index in [1.165, 1.54) is 27.0 Å². The molecule has 0 aromatic heterocycles. The third-order valence-electron chi connectivity index (χ3n) is 5.66. The summed E-state index contributed by atoms with van der Waals surface area (Å²) in [6.45, 7) is 4.96. The van der Waals surface area contributed by atoms with E-state index >= 15 is 0 Å². The topological polar surface area (TPSA) is 96.0 Å². The lowest BCUT2D eigenvalue weighted by Crippen LogP contribution is -2.42. The average Bonchev–Trinajstić information content (AvgIpc) is 2.79. The summed E-state index contributed by atoms with van der Waals surface area (Å²) in [5.41, 5.74) is 3.15. The van der Waals surface area contributed by atoms with E-state index < -0.39 is 10.0 Å². The fraction of sp³-hybridized carbons (Fsp3) is 0.364. The average molecular weight is 476 g/mol. The first kappa shape index (κ1) is 22.8. The second-order valence-corrected chi connectivity index (χ2v) is 10.7. The number of thioether (sulfide) groups is 1. The molecule has 170 valence electrons. The summed E-state index contributed by atoms with van der Waals surface area (Å²) in [7, 11) is -3.72. The molecular weight excluding hydrogens is 450 g/mol. The predicted octanol–water partition coefficient (Wildman–Crippen LogP) is 2.40. The van der Waals surface area contributed by atoms with Gasteiger partial charge in [-0.2, -0.15) is 4.31 Å². The molecule has 1 N–H and O–H groups in total. The Bertz CT molecular complexity index is 1160. The lowest BCUT2D eigenvalue weighted by atomic mass is 10.1. The van der Waals surface area contributed by atoms with Crippen LogP contribution in [-0.2, 0) is 24.3 Å². The van der Waals surface area contributed by atoms with Crippen LogP contribution in [0.1, 0.15) is 11.1 Å². The molecule has 2 amide bonds. The molecule has 2 aromatic rings. The molecule has 2 aromatic carbocycles. The van der Waals surface area contributed by atoms with Crippen molar-refractivity contribution in [3.63, 3.8) is 0 Å². The van der Waals surface area contributed by atoms with Crippen LogP contribution in [-0.4, -0.2) is 63.1 Å². The van der Waals surface area contributed by atoms with Crippen molar-refractivity contribution in [1.29, 1.82) is 0 Å². The molecule has 2 aliphatic rings. The minimum Gasteiger partial charge on any atom is -0.379 e. The summed E-state index contributed by atoms with van der Waals surface area (Å²) in [5.74, 6) is -0.384. The van der Waals surface area contributed by atoms with Crippen molar-refractivity contribution in [1.82, 2.24) is 4.31 Å². The van der Waals surface area contributed by atoms with Crippen LogP contribution >= 0.6 is 11.8 Å². The molecule has 2 aliphatic heterocycles. The monoisotopic (exact) mass is 475 g/mol. The SMILES string of the molecule is Cc1cccc(NC(=O)CN2C(=O)CSc3ccc(S(=O)(=O)N4CCOCC4)cc32)c1C. The fourth-order valence-electron chi connectivity index (χ4n) is 3.67. The first-order valence-corrected chi connectivity index (χ1v) is 12.7. The van der Waals surface area contributed by atoms with Crippen molar-refractivity contribution >= 4 is 45.0 Å². The minimum atomic E-state index is -3.72. The number of nitrogens with one attached hydrogen (secondary N) is 1. The molecule has 10 heteroatoms. The quantitative estimate of drug-likeness (QED) is 0.714. The summed E-state index contributed by atoms with van der Waals surface area (Å²) >= 11 is 1.34. The van der Waals surface area contributed by atoms with Gasteiger partial charge in [-0.15, -0.1) is 11.8 Å². The van der Waals surface area contributed by atoms with Crippen molar-refractivity contribution in [2.24, 2.45) is 0 Å². The van der Waals surface area contributed by atoms with Crippen molar-refractivity contribution in [2.75, 3.05) is 48.8 Å². The lowest BCUT2D eigenvalue weighted by Gasteiger charge is -2.30. The summed E-state index contributed by atoms with van der Waals surface area (Å²) < 4.78 is 32.8. The second kappa shape index (κ2) is 9.22. The van der Waals surface area contributed by atoms with Crippen LogP contribution in [0, 0.1) is 13.8 Å². The van der Waals surface area contributed by atoms with Crippen LogP contribution in [0.5, 0.6) is 0 Å². The molecule has 0 saturated carbocycles. The van der Waals surface area contributed by atoms with Gasteiger partial charge in [0.25, 0.3) is 0 Å².